The molecule has 3 nitrogen and oxygen atoms in total. The molecule has 1 aromatic rings. The van der Waals surface area contributed by atoms with Crippen molar-refractivity contribution in [2.75, 3.05) is 13.1 Å². The SMILES string of the molecule is C[C@@H]1C[C@@H]1C(=O)NC1CCN(Cc2ccccc2)CC1. The van der Waals surface area contributed by atoms with E-state index in [9.17, 15) is 4.79 Å². The molecular weight excluding hydrogens is 248 g/mol. The Hall–Kier alpha value is -1.35. The van der Waals surface area contributed by atoms with E-state index < -0.39 is 0 Å². The summed E-state index contributed by atoms with van der Waals surface area (Å²) < 4.78 is 0. The minimum absolute atomic E-state index is 0.291. The van der Waals surface area contributed by atoms with Crippen LogP contribution in [0.4, 0.5) is 0 Å². The summed E-state index contributed by atoms with van der Waals surface area (Å²) in [6.07, 6.45) is 3.25. The Morgan fingerprint density at radius 1 is 1.25 bits per heavy atom. The van der Waals surface area contributed by atoms with Gasteiger partial charge in [-0.3, -0.25) is 9.69 Å². The number of carbonyl (C=O) groups is 1. The molecule has 20 heavy (non-hydrogen) atoms. The summed E-state index contributed by atoms with van der Waals surface area (Å²) in [4.78, 5) is 14.4. The second kappa shape index (κ2) is 5.96. The highest BCUT2D eigenvalue weighted by Crippen LogP contribution is 2.37. The molecule has 0 bridgehead atoms. The Labute approximate surface area is 121 Å². The van der Waals surface area contributed by atoms with Crippen molar-refractivity contribution in [2.45, 2.75) is 38.8 Å². The van der Waals surface area contributed by atoms with Crippen LogP contribution in [0, 0.1) is 11.8 Å². The number of nitrogens with zero attached hydrogens (tertiary/aromatic N) is 1. The first-order valence-electron chi connectivity index (χ1n) is 7.79. The van der Waals surface area contributed by atoms with Gasteiger partial charge in [0.05, 0.1) is 0 Å². The molecule has 1 saturated heterocycles. The molecule has 2 aliphatic rings. The molecular formula is C17H24N2O. The lowest BCUT2D eigenvalue weighted by molar-refractivity contribution is -0.123. The van der Waals surface area contributed by atoms with Crippen molar-refractivity contribution in [2.24, 2.45) is 11.8 Å². The largest absolute Gasteiger partial charge is 0.353 e. The number of piperidine rings is 1. The highest BCUT2D eigenvalue weighted by molar-refractivity contribution is 5.81. The number of nitrogens with one attached hydrogen (secondary N) is 1. The highest BCUT2D eigenvalue weighted by atomic mass is 16.2. The second-order valence-corrected chi connectivity index (χ2v) is 6.36. The molecule has 0 aromatic heterocycles. The zero-order valence-corrected chi connectivity index (χ0v) is 12.2. The molecule has 1 amide bonds. The van der Waals surface area contributed by atoms with Gasteiger partial charge >= 0.3 is 0 Å². The maximum absolute atomic E-state index is 11.9. The van der Waals surface area contributed by atoms with Gasteiger partial charge in [0.1, 0.15) is 0 Å². The van der Waals surface area contributed by atoms with Gasteiger partial charge in [-0.05, 0) is 30.7 Å². The van der Waals surface area contributed by atoms with E-state index in [1.807, 2.05) is 0 Å². The van der Waals surface area contributed by atoms with Crippen LogP contribution in [0.1, 0.15) is 31.7 Å². The molecule has 3 heteroatoms. The fourth-order valence-corrected chi connectivity index (χ4v) is 3.07. The van der Waals surface area contributed by atoms with Crippen molar-refractivity contribution in [3.63, 3.8) is 0 Å². The lowest BCUT2D eigenvalue weighted by atomic mass is 10.0. The predicted molar refractivity (Wildman–Crippen MR) is 80.2 cm³/mol. The van der Waals surface area contributed by atoms with Crippen LogP contribution in [-0.2, 0) is 11.3 Å². The van der Waals surface area contributed by atoms with Crippen molar-refractivity contribution in [3.05, 3.63) is 35.9 Å². The quantitative estimate of drug-likeness (QED) is 0.913. The van der Waals surface area contributed by atoms with E-state index in [1.54, 1.807) is 0 Å². The number of hydrogen-bond acceptors (Lipinski definition) is 2. The number of likely N-dealkylation sites (tertiary alicyclic amines) is 1. The van der Waals surface area contributed by atoms with Gasteiger partial charge in [-0.15, -0.1) is 0 Å². The van der Waals surface area contributed by atoms with Crippen LogP contribution < -0.4 is 5.32 Å². The Morgan fingerprint density at radius 2 is 1.90 bits per heavy atom. The van der Waals surface area contributed by atoms with Gasteiger partial charge in [0.25, 0.3) is 0 Å². The van der Waals surface area contributed by atoms with Crippen LogP contribution >= 0.6 is 0 Å². The molecule has 3 rings (SSSR count). The summed E-state index contributed by atoms with van der Waals surface area (Å²) in [5, 5.41) is 3.23. The van der Waals surface area contributed by atoms with Gasteiger partial charge in [0.2, 0.25) is 5.91 Å². The molecule has 0 radical (unpaired) electrons. The van der Waals surface area contributed by atoms with E-state index in [-0.39, 0.29) is 0 Å². The first-order chi connectivity index (χ1) is 9.72. The van der Waals surface area contributed by atoms with E-state index in [2.05, 4.69) is 47.5 Å². The van der Waals surface area contributed by atoms with Gasteiger partial charge in [-0.25, -0.2) is 0 Å². The molecule has 0 spiro atoms. The molecule has 1 saturated carbocycles. The maximum Gasteiger partial charge on any atom is 0.223 e. The molecule has 1 aliphatic carbocycles. The topological polar surface area (TPSA) is 32.3 Å². The summed E-state index contributed by atoms with van der Waals surface area (Å²) in [6, 6.07) is 11.0. The zero-order valence-electron chi connectivity index (χ0n) is 12.2. The van der Waals surface area contributed by atoms with Gasteiger partial charge in [-0.2, -0.15) is 0 Å². The Morgan fingerprint density at radius 3 is 2.50 bits per heavy atom. The maximum atomic E-state index is 11.9. The van der Waals surface area contributed by atoms with Gasteiger partial charge in [0.15, 0.2) is 0 Å². The molecule has 2 fully saturated rings. The first-order valence-corrected chi connectivity index (χ1v) is 7.79. The summed E-state index contributed by atoms with van der Waals surface area (Å²) in [5.41, 5.74) is 1.38. The summed E-state index contributed by atoms with van der Waals surface area (Å²) in [5.74, 6) is 1.20. The van der Waals surface area contributed by atoms with Gasteiger partial charge < -0.3 is 5.32 Å². The Kier molecular flexibility index (Phi) is 4.06. The van der Waals surface area contributed by atoms with Crippen LogP contribution in [-0.4, -0.2) is 29.9 Å². The smallest absolute Gasteiger partial charge is 0.223 e. The van der Waals surface area contributed by atoms with Gasteiger partial charge in [-0.1, -0.05) is 37.3 Å². The lowest BCUT2D eigenvalue weighted by Crippen LogP contribution is -2.44. The molecule has 1 N–H and O–H groups in total. The molecule has 1 aromatic carbocycles. The van der Waals surface area contributed by atoms with Crippen LogP contribution in [0.3, 0.4) is 0 Å². The fraction of sp³-hybridized carbons (Fsp3) is 0.588. The van der Waals surface area contributed by atoms with Crippen molar-refractivity contribution >= 4 is 5.91 Å². The molecule has 0 unspecified atom stereocenters. The number of rotatable bonds is 4. The highest BCUT2D eigenvalue weighted by Gasteiger charge is 2.39. The third-order valence-corrected chi connectivity index (χ3v) is 4.63. The standard InChI is InChI=1S/C17H24N2O/c1-13-11-16(13)17(20)18-15-7-9-19(10-8-15)12-14-5-3-2-4-6-14/h2-6,13,15-16H,7-12H2,1H3,(H,18,20)/t13-,16+/m1/s1. The monoisotopic (exact) mass is 272 g/mol. The van der Waals surface area contributed by atoms with E-state index in [4.69, 9.17) is 0 Å². The van der Waals surface area contributed by atoms with E-state index in [0.29, 0.717) is 23.8 Å². The van der Waals surface area contributed by atoms with Crippen LogP contribution in [0.5, 0.6) is 0 Å². The summed E-state index contributed by atoms with van der Waals surface area (Å²) >= 11 is 0. The van der Waals surface area contributed by atoms with E-state index >= 15 is 0 Å². The Balaban J connectivity index is 1.42. The van der Waals surface area contributed by atoms with Crippen LogP contribution in [0.15, 0.2) is 30.3 Å². The van der Waals surface area contributed by atoms with Crippen LogP contribution in [0.2, 0.25) is 0 Å². The summed E-state index contributed by atoms with van der Waals surface area (Å²) in [6.45, 7) is 5.36. The van der Waals surface area contributed by atoms with Crippen molar-refractivity contribution < 1.29 is 4.79 Å². The van der Waals surface area contributed by atoms with Crippen LogP contribution in [0.25, 0.3) is 0 Å². The molecule has 2 atom stereocenters. The normalized spacial score (nSPS) is 27.2. The number of amides is 1. The average Bonchev–Trinajstić information content (AvgIpc) is 3.19. The van der Waals surface area contributed by atoms with Crippen molar-refractivity contribution in [1.29, 1.82) is 0 Å². The van der Waals surface area contributed by atoms with E-state index in [1.165, 1.54) is 5.56 Å². The fourth-order valence-electron chi connectivity index (χ4n) is 3.07. The lowest BCUT2D eigenvalue weighted by Gasteiger charge is -2.32. The van der Waals surface area contributed by atoms with Crippen molar-refractivity contribution in [1.82, 2.24) is 10.2 Å². The molecule has 1 aliphatic heterocycles. The number of carbonyl (C=O) groups excluding carboxylic acids is 1. The second-order valence-electron chi connectivity index (χ2n) is 6.36. The predicted octanol–water partition coefficient (Wildman–Crippen LogP) is 2.42. The summed E-state index contributed by atoms with van der Waals surface area (Å²) in [7, 11) is 0. The number of benzene rings is 1. The third-order valence-electron chi connectivity index (χ3n) is 4.63. The number of hydrogen-bond donors (Lipinski definition) is 1. The zero-order chi connectivity index (χ0) is 13.9. The minimum Gasteiger partial charge on any atom is -0.353 e. The average molecular weight is 272 g/mol. The minimum atomic E-state index is 0.291. The van der Waals surface area contributed by atoms with E-state index in [0.717, 1.165) is 38.9 Å². The third kappa shape index (κ3) is 3.40. The van der Waals surface area contributed by atoms with Crippen molar-refractivity contribution in [3.8, 4) is 0 Å². The molecule has 1 heterocycles. The first kappa shape index (κ1) is 13.6. The molecule has 108 valence electrons. The van der Waals surface area contributed by atoms with Gasteiger partial charge in [0, 0.05) is 31.6 Å². The Bertz CT molecular complexity index is 451.